The lowest BCUT2D eigenvalue weighted by atomic mass is 9.95. The van der Waals surface area contributed by atoms with Gasteiger partial charge in [-0.3, -0.25) is 9.59 Å². The number of carbonyl (C=O) groups is 2. The topological polar surface area (TPSA) is 58.4 Å². The molecule has 5 rings (SSSR count). The first-order valence-corrected chi connectivity index (χ1v) is 11.7. The summed E-state index contributed by atoms with van der Waals surface area (Å²) in [7, 11) is 1.83. The number of hydrogen-bond donors (Lipinski definition) is 0. The van der Waals surface area contributed by atoms with Crippen molar-refractivity contribution in [3.63, 3.8) is 0 Å². The maximum atomic E-state index is 13.4. The second-order valence-corrected chi connectivity index (χ2v) is 8.94. The van der Waals surface area contributed by atoms with Crippen LogP contribution in [0.15, 0.2) is 85.2 Å². The van der Waals surface area contributed by atoms with Crippen LogP contribution in [0.1, 0.15) is 28.8 Å². The molecule has 0 bridgehead atoms. The Bertz CT molecular complexity index is 1310. The van der Waals surface area contributed by atoms with Crippen molar-refractivity contribution in [3.05, 3.63) is 96.3 Å². The maximum absolute atomic E-state index is 13.4. The molecule has 1 aromatic heterocycles. The van der Waals surface area contributed by atoms with Gasteiger partial charge >= 0.3 is 0 Å². The minimum absolute atomic E-state index is 0.00101. The molecular weight excluding hydrogens is 424 g/mol. The molecule has 1 aliphatic rings. The van der Waals surface area contributed by atoms with Gasteiger partial charge in [0, 0.05) is 44.0 Å². The lowest BCUT2D eigenvalue weighted by Crippen LogP contribution is -2.45. The molecule has 34 heavy (non-hydrogen) atoms. The number of carbonyl (C=O) groups excluding carboxylic acids is 2. The Labute approximate surface area is 199 Å². The molecule has 0 radical (unpaired) electrons. The number of likely N-dealkylation sites (tertiary alicyclic amines) is 1. The maximum Gasteiger partial charge on any atom is 0.254 e. The molecule has 1 fully saturated rings. The quantitative estimate of drug-likeness (QED) is 0.447. The van der Waals surface area contributed by atoms with Crippen molar-refractivity contribution >= 4 is 22.6 Å². The summed E-state index contributed by atoms with van der Waals surface area (Å²) in [4.78, 5) is 30.2. The first-order valence-electron chi connectivity index (χ1n) is 11.7. The van der Waals surface area contributed by atoms with E-state index in [1.54, 1.807) is 11.1 Å². The minimum atomic E-state index is -0.193. The number of benzene rings is 3. The molecule has 0 aliphatic carbocycles. The fourth-order valence-electron chi connectivity index (χ4n) is 4.77. The molecule has 1 aliphatic heterocycles. The summed E-state index contributed by atoms with van der Waals surface area (Å²) < 4.78 is 1.82. The lowest BCUT2D eigenvalue weighted by molar-refractivity contribution is -0.136. The molecule has 3 aromatic carbocycles. The predicted molar refractivity (Wildman–Crippen MR) is 133 cm³/mol. The molecule has 4 aromatic rings. The molecule has 172 valence electrons. The van der Waals surface area contributed by atoms with E-state index in [2.05, 4.69) is 5.10 Å². The summed E-state index contributed by atoms with van der Waals surface area (Å²) in [6.07, 6.45) is 5.38. The fourth-order valence-corrected chi connectivity index (χ4v) is 4.77. The summed E-state index contributed by atoms with van der Waals surface area (Å²) in [5.74, 6) is -0.120. The Balaban J connectivity index is 1.26. The van der Waals surface area contributed by atoms with E-state index in [1.165, 1.54) is 0 Å². The van der Waals surface area contributed by atoms with Crippen LogP contribution in [0.4, 0.5) is 0 Å². The number of nitrogens with zero attached hydrogens (tertiary/aromatic N) is 4. The first kappa shape index (κ1) is 21.9. The number of aromatic nitrogens is 2. The zero-order valence-electron chi connectivity index (χ0n) is 19.3. The summed E-state index contributed by atoms with van der Waals surface area (Å²) in [6, 6.07) is 23.7. The van der Waals surface area contributed by atoms with Crippen LogP contribution in [0.5, 0.6) is 0 Å². The van der Waals surface area contributed by atoms with Crippen molar-refractivity contribution in [1.82, 2.24) is 19.6 Å². The highest BCUT2D eigenvalue weighted by molar-refractivity contribution is 6.07. The predicted octanol–water partition coefficient (Wildman–Crippen LogP) is 4.54. The van der Waals surface area contributed by atoms with E-state index in [-0.39, 0.29) is 17.7 Å². The van der Waals surface area contributed by atoms with Crippen LogP contribution < -0.4 is 0 Å². The van der Waals surface area contributed by atoms with Crippen LogP contribution >= 0.6 is 0 Å². The van der Waals surface area contributed by atoms with E-state index in [0.29, 0.717) is 25.2 Å². The van der Waals surface area contributed by atoms with Gasteiger partial charge in [0.15, 0.2) is 0 Å². The van der Waals surface area contributed by atoms with Crippen LogP contribution in [0.2, 0.25) is 0 Å². The van der Waals surface area contributed by atoms with Gasteiger partial charge in [0.2, 0.25) is 5.91 Å². The lowest BCUT2D eigenvalue weighted by Gasteiger charge is -2.34. The van der Waals surface area contributed by atoms with E-state index in [4.69, 9.17) is 0 Å². The highest BCUT2D eigenvalue weighted by Crippen LogP contribution is 2.25. The summed E-state index contributed by atoms with van der Waals surface area (Å²) in [5.41, 5.74) is 2.66. The molecule has 0 unspecified atom stereocenters. The van der Waals surface area contributed by atoms with E-state index in [9.17, 15) is 9.59 Å². The zero-order chi connectivity index (χ0) is 23.5. The van der Waals surface area contributed by atoms with E-state index in [1.807, 2.05) is 95.6 Å². The van der Waals surface area contributed by atoms with Crippen molar-refractivity contribution in [2.45, 2.75) is 19.4 Å². The van der Waals surface area contributed by atoms with Crippen LogP contribution in [-0.4, -0.2) is 51.5 Å². The molecule has 6 heteroatoms. The number of para-hydroxylation sites is 1. The van der Waals surface area contributed by atoms with Gasteiger partial charge in [-0.15, -0.1) is 0 Å². The van der Waals surface area contributed by atoms with Gasteiger partial charge < -0.3 is 9.80 Å². The molecule has 1 atom stereocenters. The number of hydrogen-bond acceptors (Lipinski definition) is 3. The Kier molecular flexibility index (Phi) is 6.12. The van der Waals surface area contributed by atoms with E-state index in [0.717, 1.165) is 34.9 Å². The Hall–Kier alpha value is -3.93. The largest absolute Gasteiger partial charge is 0.341 e. The van der Waals surface area contributed by atoms with Crippen molar-refractivity contribution < 1.29 is 9.59 Å². The zero-order valence-corrected chi connectivity index (χ0v) is 19.3. The first-order chi connectivity index (χ1) is 16.6. The van der Waals surface area contributed by atoms with Gasteiger partial charge in [-0.05, 0) is 41.8 Å². The summed E-state index contributed by atoms with van der Waals surface area (Å²) in [5, 5.41) is 6.44. The second kappa shape index (κ2) is 9.51. The van der Waals surface area contributed by atoms with Gasteiger partial charge in [-0.25, -0.2) is 4.68 Å². The van der Waals surface area contributed by atoms with Gasteiger partial charge in [0.25, 0.3) is 5.91 Å². The molecule has 0 spiro atoms. The molecule has 0 N–H and O–H groups in total. The Morgan fingerprint density at radius 3 is 2.62 bits per heavy atom. The molecule has 6 nitrogen and oxygen atoms in total. The van der Waals surface area contributed by atoms with Gasteiger partial charge in [0.05, 0.1) is 17.8 Å². The van der Waals surface area contributed by atoms with Crippen LogP contribution in [0, 0.1) is 5.92 Å². The van der Waals surface area contributed by atoms with Gasteiger partial charge in [-0.1, -0.05) is 54.6 Å². The summed E-state index contributed by atoms with van der Waals surface area (Å²) >= 11 is 0. The van der Waals surface area contributed by atoms with Crippen molar-refractivity contribution in [2.75, 3.05) is 20.1 Å². The molecule has 2 amide bonds. The SMILES string of the molecule is CN(Cc1cnn(-c2ccccc2)c1)C(=O)[C@H]1CCCN(C(=O)c2cccc3ccccc23)C1. The number of piperidine rings is 1. The van der Waals surface area contributed by atoms with Crippen molar-refractivity contribution in [1.29, 1.82) is 0 Å². The third kappa shape index (κ3) is 4.44. The van der Waals surface area contributed by atoms with E-state index >= 15 is 0 Å². The molecular formula is C28H28N4O2. The number of fused-ring (bicyclic) bond motifs is 1. The van der Waals surface area contributed by atoms with Gasteiger partial charge in [-0.2, -0.15) is 5.10 Å². The molecule has 0 saturated carbocycles. The third-order valence-electron chi connectivity index (χ3n) is 6.53. The van der Waals surface area contributed by atoms with Crippen LogP contribution in [-0.2, 0) is 11.3 Å². The monoisotopic (exact) mass is 452 g/mol. The third-order valence-corrected chi connectivity index (χ3v) is 6.53. The van der Waals surface area contributed by atoms with Crippen molar-refractivity contribution in [2.24, 2.45) is 5.92 Å². The average Bonchev–Trinajstić information content (AvgIpc) is 3.36. The highest BCUT2D eigenvalue weighted by Gasteiger charge is 2.31. The second-order valence-electron chi connectivity index (χ2n) is 8.94. The standard InChI is InChI=1S/C28H28N4O2/c1-30(18-21-17-29-32(19-21)24-12-3-2-4-13-24)27(33)23-11-8-16-31(20-23)28(34)26-15-7-10-22-9-5-6-14-25(22)26/h2-7,9-10,12-15,17,19,23H,8,11,16,18,20H2,1H3/t23-/m0/s1. The highest BCUT2D eigenvalue weighted by atomic mass is 16.2. The molecule has 1 saturated heterocycles. The van der Waals surface area contributed by atoms with Crippen LogP contribution in [0.3, 0.4) is 0 Å². The van der Waals surface area contributed by atoms with Crippen molar-refractivity contribution in [3.8, 4) is 5.69 Å². The van der Waals surface area contributed by atoms with Gasteiger partial charge in [0.1, 0.15) is 0 Å². The number of amides is 2. The normalized spacial score (nSPS) is 15.9. The van der Waals surface area contributed by atoms with Crippen LogP contribution in [0.25, 0.3) is 16.5 Å². The Morgan fingerprint density at radius 2 is 1.76 bits per heavy atom. The Morgan fingerprint density at radius 1 is 1.00 bits per heavy atom. The average molecular weight is 453 g/mol. The minimum Gasteiger partial charge on any atom is -0.341 e. The smallest absolute Gasteiger partial charge is 0.254 e. The number of rotatable bonds is 5. The molecule has 2 heterocycles. The summed E-state index contributed by atoms with van der Waals surface area (Å²) in [6.45, 7) is 1.62. The fraction of sp³-hybridized carbons (Fsp3) is 0.250. The van der Waals surface area contributed by atoms with E-state index < -0.39 is 0 Å².